The van der Waals surface area contributed by atoms with Crippen LogP contribution in [0.4, 0.5) is 0 Å². The van der Waals surface area contributed by atoms with Crippen LogP contribution in [0.1, 0.15) is 110 Å². The number of aliphatic hydroxyl groups is 3. The number of nitrogens with zero attached hydrogens (tertiary/aromatic N) is 1. The molecule has 5 aliphatic heterocycles. The first-order chi connectivity index (χ1) is 26.8. The van der Waals surface area contributed by atoms with E-state index >= 15 is 0 Å². The highest BCUT2D eigenvalue weighted by Gasteiger charge is 2.50. The van der Waals surface area contributed by atoms with Crippen molar-refractivity contribution in [1.29, 1.82) is 0 Å². The third-order valence-electron chi connectivity index (χ3n) is 12.8. The average molecular weight is 780 g/mol. The highest BCUT2D eigenvalue weighted by Crippen LogP contribution is 2.58. The lowest BCUT2D eigenvalue weighted by Gasteiger charge is -2.41. The molecule has 2 aliphatic carbocycles. The van der Waals surface area contributed by atoms with E-state index in [4.69, 9.17) is 37.6 Å². The van der Waals surface area contributed by atoms with E-state index in [0.717, 1.165) is 0 Å². The number of phenols is 2. The minimum absolute atomic E-state index is 0.0740. The van der Waals surface area contributed by atoms with Crippen LogP contribution in [-0.4, -0.2) is 105 Å². The summed E-state index contributed by atoms with van der Waals surface area (Å²) in [6.07, 6.45) is -4.81. The molecule has 11 atom stereocenters. The smallest absolute Gasteiger partial charge is 0.260 e. The number of benzene rings is 2. The lowest BCUT2D eigenvalue weighted by molar-refractivity contribution is -0.293. The number of hydrogen-bond acceptors (Lipinski definition) is 15. The Kier molecular flexibility index (Phi) is 8.53. The second kappa shape index (κ2) is 13.1. The van der Waals surface area contributed by atoms with Crippen molar-refractivity contribution in [1.82, 2.24) is 4.90 Å². The molecular formula is C40H45NO15. The molecule has 0 saturated carbocycles. The topological polar surface area (TPSA) is 216 Å². The summed E-state index contributed by atoms with van der Waals surface area (Å²) < 4.78 is 48.5. The zero-order valence-corrected chi connectivity index (χ0v) is 31.2. The fourth-order valence-electron chi connectivity index (χ4n) is 9.92. The molecule has 0 spiro atoms. The van der Waals surface area contributed by atoms with Gasteiger partial charge in [-0.15, -0.1) is 0 Å². The van der Waals surface area contributed by atoms with Gasteiger partial charge < -0.3 is 68.0 Å². The van der Waals surface area contributed by atoms with Crippen LogP contribution < -0.4 is 10.2 Å². The van der Waals surface area contributed by atoms with Crippen molar-refractivity contribution in [2.75, 3.05) is 19.9 Å². The van der Waals surface area contributed by atoms with E-state index in [9.17, 15) is 35.1 Å². The Morgan fingerprint density at radius 3 is 2.39 bits per heavy atom. The van der Waals surface area contributed by atoms with Gasteiger partial charge in [0.25, 0.3) is 5.91 Å². The number of carbonyl (C=O) groups excluding carboxylic acids is 1. The molecule has 16 heteroatoms. The Bertz CT molecular complexity index is 2200. The van der Waals surface area contributed by atoms with Crippen LogP contribution in [0.2, 0.25) is 0 Å². The number of aromatic hydroxyl groups is 2. The molecule has 5 N–H and O–H groups in total. The Morgan fingerprint density at radius 1 is 0.875 bits per heavy atom. The van der Waals surface area contributed by atoms with Gasteiger partial charge in [-0.1, -0.05) is 6.07 Å². The molecule has 0 bridgehead atoms. The largest absolute Gasteiger partial charge is 0.506 e. The number of aliphatic hydroxyl groups excluding tert-OH is 3. The molecule has 6 heterocycles. The number of phenolic OH excluding ortho intramolecular Hbond substituents is 2. The fourth-order valence-corrected chi connectivity index (χ4v) is 9.92. The molecule has 10 rings (SSSR count). The predicted octanol–water partition coefficient (Wildman–Crippen LogP) is 3.23. The molecule has 16 nitrogen and oxygen atoms in total. The third kappa shape index (κ3) is 5.38. The monoisotopic (exact) mass is 779 g/mol. The van der Waals surface area contributed by atoms with E-state index in [0.29, 0.717) is 61.9 Å². The Morgan fingerprint density at radius 2 is 1.62 bits per heavy atom. The molecule has 2 aromatic carbocycles. The number of ether oxygens (including phenoxy) is 7. The van der Waals surface area contributed by atoms with Crippen molar-refractivity contribution in [3.8, 4) is 28.4 Å². The van der Waals surface area contributed by atoms with Gasteiger partial charge in [0, 0.05) is 55.3 Å². The molecule has 3 saturated heterocycles. The van der Waals surface area contributed by atoms with Gasteiger partial charge in [-0.2, -0.15) is 0 Å². The van der Waals surface area contributed by atoms with Crippen molar-refractivity contribution >= 4 is 16.9 Å². The quantitative estimate of drug-likeness (QED) is 0.257. The van der Waals surface area contributed by atoms with Crippen molar-refractivity contribution in [2.45, 2.75) is 133 Å². The minimum Gasteiger partial charge on any atom is -0.506 e. The van der Waals surface area contributed by atoms with Crippen LogP contribution >= 0.6 is 0 Å². The molecule has 3 aromatic rings. The van der Waals surface area contributed by atoms with Crippen LogP contribution in [0.5, 0.6) is 17.2 Å². The summed E-state index contributed by atoms with van der Waals surface area (Å²) in [6, 6.07) is 1.83. The number of hydrogen-bond donors (Lipinski definition) is 5. The van der Waals surface area contributed by atoms with Gasteiger partial charge in [0.05, 0.1) is 60.5 Å². The first kappa shape index (κ1) is 36.5. The highest BCUT2D eigenvalue weighted by atomic mass is 16.7. The Labute approximate surface area is 320 Å². The summed E-state index contributed by atoms with van der Waals surface area (Å²) in [5, 5.41) is 56.7. The molecule has 3 fully saturated rings. The summed E-state index contributed by atoms with van der Waals surface area (Å²) in [4.78, 5) is 29.8. The van der Waals surface area contributed by atoms with Crippen LogP contribution in [0.15, 0.2) is 15.3 Å². The molecule has 0 radical (unpaired) electrons. The minimum atomic E-state index is -1.49. The SMILES string of the molecule is CC1OC(OC2CCC(OC3CC(O)c4c(oc5c6c7c(c(O)c5c4=O)-c4c(cc5c(c4O)C(=O)N4CCOC4(C)C5)CC7OCO6)C3O)OC2C)CCC1O. The summed E-state index contributed by atoms with van der Waals surface area (Å²) in [7, 11) is 0. The summed E-state index contributed by atoms with van der Waals surface area (Å²) in [5.74, 6) is -1.40. The van der Waals surface area contributed by atoms with Gasteiger partial charge in [-0.25, -0.2) is 0 Å². The van der Waals surface area contributed by atoms with E-state index in [1.165, 1.54) is 0 Å². The van der Waals surface area contributed by atoms with E-state index in [-0.39, 0.29) is 82.3 Å². The van der Waals surface area contributed by atoms with Gasteiger partial charge in [-0.05, 0) is 44.7 Å². The average Bonchev–Trinajstić information content (AvgIpc) is 3.55. The van der Waals surface area contributed by atoms with Crippen molar-refractivity contribution in [3.63, 3.8) is 0 Å². The van der Waals surface area contributed by atoms with Crippen LogP contribution in [0.25, 0.3) is 22.1 Å². The van der Waals surface area contributed by atoms with E-state index in [1.807, 2.05) is 19.9 Å². The van der Waals surface area contributed by atoms with Crippen molar-refractivity contribution in [3.05, 3.63) is 49.9 Å². The van der Waals surface area contributed by atoms with Crippen LogP contribution in [0, 0.1) is 0 Å². The molecule has 11 unspecified atom stereocenters. The summed E-state index contributed by atoms with van der Waals surface area (Å²) in [6.45, 7) is 6.02. The molecular weight excluding hydrogens is 734 g/mol. The molecule has 56 heavy (non-hydrogen) atoms. The van der Waals surface area contributed by atoms with Crippen LogP contribution in [-0.2, 0) is 41.3 Å². The normalized spacial score (nSPS) is 36.0. The second-order valence-electron chi connectivity index (χ2n) is 16.3. The van der Waals surface area contributed by atoms with Crippen molar-refractivity contribution < 1.29 is 67.9 Å². The fraction of sp³-hybridized carbons (Fsp3) is 0.600. The predicted molar refractivity (Wildman–Crippen MR) is 191 cm³/mol. The number of amides is 1. The number of fused-ring (bicyclic) bond motifs is 7. The zero-order valence-electron chi connectivity index (χ0n) is 31.2. The molecule has 1 aromatic heterocycles. The van der Waals surface area contributed by atoms with Gasteiger partial charge in [0.1, 0.15) is 34.5 Å². The van der Waals surface area contributed by atoms with Crippen molar-refractivity contribution in [2.24, 2.45) is 0 Å². The van der Waals surface area contributed by atoms with Gasteiger partial charge >= 0.3 is 0 Å². The van der Waals surface area contributed by atoms with E-state index in [2.05, 4.69) is 0 Å². The summed E-state index contributed by atoms with van der Waals surface area (Å²) >= 11 is 0. The van der Waals surface area contributed by atoms with E-state index < -0.39 is 72.0 Å². The molecule has 300 valence electrons. The highest BCUT2D eigenvalue weighted by molar-refractivity contribution is 6.06. The van der Waals surface area contributed by atoms with E-state index in [1.54, 1.807) is 11.8 Å². The first-order valence-electron chi connectivity index (χ1n) is 19.5. The standard InChI is InChI=1S/C40H45NO15/c1-15-19(42)4-6-24(52-15)54-21-5-7-25(53-16(21)2)55-23-12-20(43)28-34(46)31-35(47)30-26-17(10-18-13-40(3)41(8-9-51-40)39(48)27(18)33(26)45)11-22-29(30)37(50-14-49-22)38(31)56-36(28)32(23)44/h10,15-16,19-25,32,42-45,47H,4-9,11-14H2,1-3H3. The Hall–Kier alpha value is -3.84. The van der Waals surface area contributed by atoms with Gasteiger partial charge in [0.15, 0.2) is 30.7 Å². The lowest BCUT2D eigenvalue weighted by Crippen LogP contribution is -2.51. The summed E-state index contributed by atoms with van der Waals surface area (Å²) in [5.41, 5.74) is -0.111. The van der Waals surface area contributed by atoms with Crippen LogP contribution in [0.3, 0.4) is 0 Å². The maximum atomic E-state index is 14.4. The lowest BCUT2D eigenvalue weighted by atomic mass is 9.77. The molecule has 7 aliphatic rings. The molecule has 1 amide bonds. The number of carbonyl (C=O) groups is 1. The van der Waals surface area contributed by atoms with Gasteiger partial charge in [0.2, 0.25) is 5.43 Å². The number of rotatable bonds is 4. The zero-order chi connectivity index (χ0) is 38.9. The third-order valence-corrected chi connectivity index (χ3v) is 12.8. The first-order valence-corrected chi connectivity index (χ1v) is 19.5. The van der Waals surface area contributed by atoms with Gasteiger partial charge in [-0.3, -0.25) is 9.59 Å². The maximum Gasteiger partial charge on any atom is 0.260 e. The second-order valence-corrected chi connectivity index (χ2v) is 16.3. The maximum absolute atomic E-state index is 14.4. The Balaban J connectivity index is 0.981.